The minimum absolute atomic E-state index is 0.249. The quantitative estimate of drug-likeness (QED) is 0.733. The Morgan fingerprint density at radius 1 is 1.20 bits per heavy atom. The van der Waals surface area contributed by atoms with Crippen LogP contribution in [0.25, 0.3) is 0 Å². The molecule has 0 saturated heterocycles. The lowest BCUT2D eigenvalue weighted by Crippen LogP contribution is -2.23. The van der Waals surface area contributed by atoms with Crippen LogP contribution >= 0.6 is 0 Å². The van der Waals surface area contributed by atoms with E-state index in [0.29, 0.717) is 17.4 Å². The van der Waals surface area contributed by atoms with Gasteiger partial charge >= 0.3 is 0 Å². The Morgan fingerprint density at radius 2 is 1.93 bits per heavy atom. The molecule has 1 aromatic carbocycles. The molecule has 0 radical (unpaired) electrons. The molecule has 0 aliphatic heterocycles. The van der Waals surface area contributed by atoms with E-state index in [1.807, 2.05) is 0 Å². The number of para-hydroxylation sites is 1. The molecule has 1 saturated carbocycles. The van der Waals surface area contributed by atoms with Crippen LogP contribution in [0.5, 0.6) is 0 Å². The SMILES string of the molecule is Nc1cccc(F)c1NC1CCCCC1. The maximum absolute atomic E-state index is 13.5. The Hall–Kier alpha value is -1.25. The van der Waals surface area contributed by atoms with Crippen LogP contribution in [-0.4, -0.2) is 6.04 Å². The summed E-state index contributed by atoms with van der Waals surface area (Å²) in [5.74, 6) is -0.249. The van der Waals surface area contributed by atoms with E-state index in [-0.39, 0.29) is 5.82 Å². The topological polar surface area (TPSA) is 38.0 Å². The number of halogens is 1. The van der Waals surface area contributed by atoms with E-state index >= 15 is 0 Å². The first-order valence-electron chi connectivity index (χ1n) is 5.58. The number of anilines is 2. The van der Waals surface area contributed by atoms with Crippen molar-refractivity contribution in [3.05, 3.63) is 24.0 Å². The maximum atomic E-state index is 13.5. The van der Waals surface area contributed by atoms with E-state index in [2.05, 4.69) is 5.32 Å². The second-order valence-electron chi connectivity index (χ2n) is 4.18. The number of nitrogens with two attached hydrogens (primary N) is 1. The standard InChI is InChI=1S/C12H17FN2/c13-10-7-4-8-11(14)12(10)15-9-5-2-1-3-6-9/h4,7-9,15H,1-3,5-6,14H2. The number of rotatable bonds is 2. The number of nitrogens with one attached hydrogen (secondary N) is 1. The summed E-state index contributed by atoms with van der Waals surface area (Å²) in [6.45, 7) is 0. The minimum atomic E-state index is -0.249. The summed E-state index contributed by atoms with van der Waals surface area (Å²) in [6, 6.07) is 5.20. The Balaban J connectivity index is 2.09. The van der Waals surface area contributed by atoms with Crippen molar-refractivity contribution < 1.29 is 4.39 Å². The van der Waals surface area contributed by atoms with Crippen molar-refractivity contribution in [1.29, 1.82) is 0 Å². The first kappa shape index (κ1) is 10.3. The van der Waals surface area contributed by atoms with Gasteiger partial charge in [-0.05, 0) is 25.0 Å². The zero-order chi connectivity index (χ0) is 10.7. The van der Waals surface area contributed by atoms with Crippen molar-refractivity contribution in [2.24, 2.45) is 0 Å². The molecule has 1 aliphatic carbocycles. The molecular weight excluding hydrogens is 191 g/mol. The van der Waals surface area contributed by atoms with E-state index in [4.69, 9.17) is 5.73 Å². The van der Waals surface area contributed by atoms with Crippen molar-refractivity contribution in [2.75, 3.05) is 11.1 Å². The largest absolute Gasteiger partial charge is 0.397 e. The summed E-state index contributed by atoms with van der Waals surface area (Å²) >= 11 is 0. The molecule has 2 nitrogen and oxygen atoms in total. The summed E-state index contributed by atoms with van der Waals surface area (Å²) in [6.07, 6.45) is 5.99. The highest BCUT2D eigenvalue weighted by atomic mass is 19.1. The molecule has 15 heavy (non-hydrogen) atoms. The molecule has 0 spiro atoms. The van der Waals surface area contributed by atoms with Gasteiger partial charge in [-0.1, -0.05) is 25.3 Å². The second kappa shape index (κ2) is 4.51. The average molecular weight is 208 g/mol. The molecule has 0 unspecified atom stereocenters. The fourth-order valence-corrected chi connectivity index (χ4v) is 2.14. The van der Waals surface area contributed by atoms with Gasteiger partial charge in [-0.2, -0.15) is 0 Å². The molecule has 0 aromatic heterocycles. The highest BCUT2D eigenvalue weighted by Crippen LogP contribution is 2.27. The Labute approximate surface area is 89.7 Å². The monoisotopic (exact) mass is 208 g/mol. The van der Waals surface area contributed by atoms with Gasteiger partial charge in [0, 0.05) is 6.04 Å². The van der Waals surface area contributed by atoms with Gasteiger partial charge in [0.1, 0.15) is 5.82 Å². The number of nitrogen functional groups attached to an aromatic ring is 1. The third-order valence-electron chi connectivity index (χ3n) is 3.00. The first-order chi connectivity index (χ1) is 7.27. The molecule has 0 bridgehead atoms. The van der Waals surface area contributed by atoms with E-state index in [1.165, 1.54) is 25.3 Å². The first-order valence-corrected chi connectivity index (χ1v) is 5.58. The van der Waals surface area contributed by atoms with Gasteiger partial charge in [0.15, 0.2) is 0 Å². The summed E-state index contributed by atoms with van der Waals surface area (Å²) in [7, 11) is 0. The van der Waals surface area contributed by atoms with Crippen LogP contribution in [-0.2, 0) is 0 Å². The molecule has 82 valence electrons. The number of benzene rings is 1. The van der Waals surface area contributed by atoms with Crippen LogP contribution < -0.4 is 11.1 Å². The summed E-state index contributed by atoms with van der Waals surface area (Å²) in [5.41, 5.74) is 6.71. The minimum Gasteiger partial charge on any atom is -0.397 e. The van der Waals surface area contributed by atoms with Gasteiger partial charge < -0.3 is 11.1 Å². The van der Waals surface area contributed by atoms with Crippen LogP contribution in [0.15, 0.2) is 18.2 Å². The molecular formula is C12H17FN2. The van der Waals surface area contributed by atoms with Crippen molar-refractivity contribution in [2.45, 2.75) is 38.1 Å². The van der Waals surface area contributed by atoms with Crippen LogP contribution in [0.2, 0.25) is 0 Å². The predicted octanol–water partition coefficient (Wildman–Crippen LogP) is 3.15. The second-order valence-corrected chi connectivity index (χ2v) is 4.18. The molecule has 1 fully saturated rings. The molecule has 1 aromatic rings. The van der Waals surface area contributed by atoms with Crippen molar-refractivity contribution >= 4 is 11.4 Å². The van der Waals surface area contributed by atoms with Gasteiger partial charge in [-0.15, -0.1) is 0 Å². The highest BCUT2D eigenvalue weighted by Gasteiger charge is 2.15. The fourth-order valence-electron chi connectivity index (χ4n) is 2.14. The fraction of sp³-hybridized carbons (Fsp3) is 0.500. The van der Waals surface area contributed by atoms with Crippen LogP contribution in [0, 0.1) is 5.82 Å². The maximum Gasteiger partial charge on any atom is 0.148 e. The van der Waals surface area contributed by atoms with Gasteiger partial charge in [-0.3, -0.25) is 0 Å². The number of hydrogen-bond acceptors (Lipinski definition) is 2. The zero-order valence-corrected chi connectivity index (χ0v) is 8.80. The molecule has 1 aliphatic rings. The third kappa shape index (κ3) is 2.41. The Morgan fingerprint density at radius 3 is 2.60 bits per heavy atom. The lowest BCUT2D eigenvalue weighted by atomic mass is 9.95. The lowest BCUT2D eigenvalue weighted by molar-refractivity contribution is 0.461. The molecule has 3 heteroatoms. The summed E-state index contributed by atoms with van der Waals surface area (Å²) < 4.78 is 13.5. The smallest absolute Gasteiger partial charge is 0.148 e. The predicted molar refractivity (Wildman–Crippen MR) is 61.3 cm³/mol. The molecule has 0 amide bonds. The molecule has 3 N–H and O–H groups in total. The third-order valence-corrected chi connectivity index (χ3v) is 3.00. The summed E-state index contributed by atoms with van der Waals surface area (Å²) in [5, 5.41) is 3.22. The van der Waals surface area contributed by atoms with Crippen LogP contribution in [0.4, 0.5) is 15.8 Å². The molecule has 2 rings (SSSR count). The van der Waals surface area contributed by atoms with Gasteiger partial charge in [0.2, 0.25) is 0 Å². The zero-order valence-electron chi connectivity index (χ0n) is 8.80. The number of hydrogen-bond donors (Lipinski definition) is 2. The van der Waals surface area contributed by atoms with Crippen LogP contribution in [0.3, 0.4) is 0 Å². The Kier molecular flexibility index (Phi) is 3.09. The summed E-state index contributed by atoms with van der Waals surface area (Å²) in [4.78, 5) is 0. The Bertz CT molecular complexity index is 312. The van der Waals surface area contributed by atoms with E-state index in [9.17, 15) is 4.39 Å². The van der Waals surface area contributed by atoms with Crippen molar-refractivity contribution in [3.63, 3.8) is 0 Å². The van der Waals surface area contributed by atoms with E-state index < -0.39 is 0 Å². The van der Waals surface area contributed by atoms with Crippen molar-refractivity contribution in [3.8, 4) is 0 Å². The van der Waals surface area contributed by atoms with E-state index in [1.54, 1.807) is 12.1 Å². The van der Waals surface area contributed by atoms with Gasteiger partial charge in [0.05, 0.1) is 11.4 Å². The lowest BCUT2D eigenvalue weighted by Gasteiger charge is -2.24. The van der Waals surface area contributed by atoms with Gasteiger partial charge in [-0.25, -0.2) is 4.39 Å². The van der Waals surface area contributed by atoms with E-state index in [0.717, 1.165) is 12.8 Å². The molecule has 0 heterocycles. The van der Waals surface area contributed by atoms with Crippen LogP contribution in [0.1, 0.15) is 32.1 Å². The average Bonchev–Trinajstić information content (AvgIpc) is 2.25. The van der Waals surface area contributed by atoms with Crippen molar-refractivity contribution in [1.82, 2.24) is 0 Å². The normalized spacial score (nSPS) is 17.7. The highest BCUT2D eigenvalue weighted by molar-refractivity contribution is 5.66. The molecule has 0 atom stereocenters. The van der Waals surface area contributed by atoms with Gasteiger partial charge in [0.25, 0.3) is 0 Å².